The minimum atomic E-state index is 0.181. The Bertz CT molecular complexity index is 431. The van der Waals surface area contributed by atoms with Gasteiger partial charge in [0, 0.05) is 18.3 Å². The molecule has 0 bridgehead atoms. The van der Waals surface area contributed by atoms with Crippen LogP contribution < -0.4 is 5.73 Å². The normalized spacial score (nSPS) is 29.6. The molecule has 1 aromatic heterocycles. The van der Waals surface area contributed by atoms with Crippen LogP contribution in [0.1, 0.15) is 63.6 Å². The molecule has 1 aliphatic carbocycles. The van der Waals surface area contributed by atoms with Gasteiger partial charge in [0.25, 0.3) is 0 Å². The Morgan fingerprint density at radius 2 is 2.05 bits per heavy atom. The molecule has 0 aromatic carbocycles. The lowest BCUT2D eigenvalue weighted by atomic mass is 9.77. The van der Waals surface area contributed by atoms with Crippen molar-refractivity contribution in [2.45, 2.75) is 70.0 Å². The highest BCUT2D eigenvalue weighted by atomic mass is 15.2. The van der Waals surface area contributed by atoms with Crippen LogP contribution in [0.5, 0.6) is 0 Å². The smallest absolute Gasteiger partial charge is 0.0676 e. The summed E-state index contributed by atoms with van der Waals surface area (Å²) in [6.45, 7) is 3.39. The van der Waals surface area contributed by atoms with E-state index in [2.05, 4.69) is 28.9 Å². The zero-order valence-electron chi connectivity index (χ0n) is 13.2. The van der Waals surface area contributed by atoms with E-state index in [9.17, 15) is 0 Å². The Morgan fingerprint density at radius 3 is 2.81 bits per heavy atom. The first-order valence-corrected chi connectivity index (χ1v) is 8.73. The molecule has 116 valence electrons. The third-order valence-electron chi connectivity index (χ3n) is 5.51. The van der Waals surface area contributed by atoms with Gasteiger partial charge in [0.05, 0.1) is 11.7 Å². The van der Waals surface area contributed by atoms with E-state index in [-0.39, 0.29) is 6.04 Å². The molecule has 3 heteroatoms. The van der Waals surface area contributed by atoms with Crippen LogP contribution in [0.3, 0.4) is 0 Å². The molecule has 1 saturated heterocycles. The van der Waals surface area contributed by atoms with Gasteiger partial charge in [-0.25, -0.2) is 0 Å². The number of likely N-dealkylation sites (tertiary alicyclic amines) is 1. The Hall–Kier alpha value is -0.930. The summed E-state index contributed by atoms with van der Waals surface area (Å²) < 4.78 is 0. The van der Waals surface area contributed by atoms with Crippen molar-refractivity contribution in [1.82, 2.24) is 9.88 Å². The van der Waals surface area contributed by atoms with E-state index in [1.165, 1.54) is 45.1 Å². The van der Waals surface area contributed by atoms with Crippen LogP contribution in [0, 0.1) is 5.92 Å². The fourth-order valence-electron chi connectivity index (χ4n) is 4.42. The maximum atomic E-state index is 6.52. The van der Waals surface area contributed by atoms with Gasteiger partial charge in [-0.15, -0.1) is 0 Å². The van der Waals surface area contributed by atoms with Crippen molar-refractivity contribution < 1.29 is 0 Å². The molecule has 3 nitrogen and oxygen atoms in total. The second-order valence-corrected chi connectivity index (χ2v) is 6.76. The Balaban J connectivity index is 1.88. The predicted octanol–water partition coefficient (Wildman–Crippen LogP) is 3.51. The van der Waals surface area contributed by atoms with Crippen LogP contribution in [0.15, 0.2) is 24.4 Å². The molecule has 1 aliphatic heterocycles. The standard InChI is InChI=1S/C18H29N3/c1-2-15(19)18(16-10-5-6-12-20-16)21-13-7-9-14-8-3-4-11-17(14)21/h5-6,10,12,14-15,17-18H,2-4,7-9,11,13,19H2,1H3. The van der Waals surface area contributed by atoms with E-state index in [1.807, 2.05) is 12.3 Å². The number of hydrogen-bond donors (Lipinski definition) is 1. The molecule has 21 heavy (non-hydrogen) atoms. The summed E-state index contributed by atoms with van der Waals surface area (Å²) in [6, 6.07) is 7.46. The zero-order chi connectivity index (χ0) is 14.7. The Morgan fingerprint density at radius 1 is 1.24 bits per heavy atom. The predicted molar refractivity (Wildman–Crippen MR) is 86.9 cm³/mol. The van der Waals surface area contributed by atoms with Crippen LogP contribution in [0.4, 0.5) is 0 Å². The van der Waals surface area contributed by atoms with Crippen molar-refractivity contribution >= 4 is 0 Å². The van der Waals surface area contributed by atoms with Crippen molar-refractivity contribution in [3.8, 4) is 0 Å². The third-order valence-corrected chi connectivity index (χ3v) is 5.51. The minimum Gasteiger partial charge on any atom is -0.326 e. The number of piperidine rings is 1. The molecule has 2 aliphatic rings. The Kier molecular flexibility index (Phi) is 4.91. The van der Waals surface area contributed by atoms with Gasteiger partial charge < -0.3 is 5.73 Å². The first-order chi connectivity index (χ1) is 10.3. The first kappa shape index (κ1) is 15.0. The topological polar surface area (TPSA) is 42.1 Å². The highest BCUT2D eigenvalue weighted by molar-refractivity contribution is 5.13. The Labute approximate surface area is 128 Å². The molecule has 4 atom stereocenters. The second-order valence-electron chi connectivity index (χ2n) is 6.76. The van der Waals surface area contributed by atoms with Gasteiger partial charge in [-0.2, -0.15) is 0 Å². The van der Waals surface area contributed by atoms with Crippen molar-refractivity contribution in [3.05, 3.63) is 30.1 Å². The molecule has 1 aromatic rings. The average molecular weight is 287 g/mol. The summed E-state index contributed by atoms with van der Waals surface area (Å²) in [5.41, 5.74) is 7.69. The van der Waals surface area contributed by atoms with Crippen molar-refractivity contribution in [1.29, 1.82) is 0 Å². The van der Waals surface area contributed by atoms with Gasteiger partial charge in [-0.3, -0.25) is 9.88 Å². The fourth-order valence-corrected chi connectivity index (χ4v) is 4.42. The van der Waals surface area contributed by atoms with E-state index in [4.69, 9.17) is 5.73 Å². The third kappa shape index (κ3) is 3.14. The molecular weight excluding hydrogens is 258 g/mol. The number of aromatic nitrogens is 1. The maximum Gasteiger partial charge on any atom is 0.0676 e. The highest BCUT2D eigenvalue weighted by Gasteiger charge is 2.39. The molecule has 0 spiro atoms. The second kappa shape index (κ2) is 6.89. The number of nitrogens with zero attached hydrogens (tertiary/aromatic N) is 2. The van der Waals surface area contributed by atoms with Gasteiger partial charge in [-0.05, 0) is 56.7 Å². The van der Waals surface area contributed by atoms with Crippen LogP contribution in [0.25, 0.3) is 0 Å². The molecule has 0 amide bonds. The summed E-state index contributed by atoms with van der Waals surface area (Å²) in [6.07, 6.45) is 11.2. The molecule has 0 radical (unpaired) electrons. The highest BCUT2D eigenvalue weighted by Crippen LogP contribution is 2.40. The zero-order valence-corrected chi connectivity index (χ0v) is 13.2. The van der Waals surface area contributed by atoms with Crippen LogP contribution in [0.2, 0.25) is 0 Å². The van der Waals surface area contributed by atoms with E-state index >= 15 is 0 Å². The minimum absolute atomic E-state index is 0.181. The summed E-state index contributed by atoms with van der Waals surface area (Å²) in [5.74, 6) is 0.891. The number of pyridine rings is 1. The lowest BCUT2D eigenvalue weighted by Gasteiger charge is -2.48. The molecule has 1 saturated carbocycles. The first-order valence-electron chi connectivity index (χ1n) is 8.73. The quantitative estimate of drug-likeness (QED) is 0.921. The molecule has 2 N–H and O–H groups in total. The van der Waals surface area contributed by atoms with Crippen LogP contribution >= 0.6 is 0 Å². The molecular formula is C18H29N3. The van der Waals surface area contributed by atoms with Gasteiger partial charge in [0.15, 0.2) is 0 Å². The van der Waals surface area contributed by atoms with Gasteiger partial charge in [0.2, 0.25) is 0 Å². The molecule has 4 unspecified atom stereocenters. The fraction of sp³-hybridized carbons (Fsp3) is 0.722. The van der Waals surface area contributed by atoms with Crippen molar-refractivity contribution in [2.75, 3.05) is 6.54 Å². The SMILES string of the molecule is CCC(N)C(c1ccccn1)N1CCCC2CCCCC21. The lowest BCUT2D eigenvalue weighted by molar-refractivity contribution is 0.0140. The van der Waals surface area contributed by atoms with Gasteiger partial charge in [-0.1, -0.05) is 25.8 Å². The molecule has 2 heterocycles. The number of fused-ring (bicyclic) bond motifs is 1. The largest absolute Gasteiger partial charge is 0.326 e. The monoisotopic (exact) mass is 287 g/mol. The summed E-state index contributed by atoms with van der Waals surface area (Å²) >= 11 is 0. The maximum absolute atomic E-state index is 6.52. The van der Waals surface area contributed by atoms with E-state index in [1.54, 1.807) is 0 Å². The average Bonchev–Trinajstić information content (AvgIpc) is 2.56. The van der Waals surface area contributed by atoms with Crippen LogP contribution in [-0.4, -0.2) is 28.5 Å². The number of hydrogen-bond acceptors (Lipinski definition) is 3. The lowest BCUT2D eigenvalue weighted by Crippen LogP contribution is -2.52. The van der Waals surface area contributed by atoms with Crippen molar-refractivity contribution in [3.63, 3.8) is 0 Å². The van der Waals surface area contributed by atoms with Crippen LogP contribution in [-0.2, 0) is 0 Å². The number of rotatable bonds is 4. The molecule has 2 fully saturated rings. The molecule has 3 rings (SSSR count). The van der Waals surface area contributed by atoms with E-state index in [0.717, 1.165) is 24.1 Å². The number of nitrogens with two attached hydrogens (primary N) is 1. The van der Waals surface area contributed by atoms with E-state index < -0.39 is 0 Å². The summed E-state index contributed by atoms with van der Waals surface area (Å²) in [7, 11) is 0. The van der Waals surface area contributed by atoms with Gasteiger partial charge >= 0.3 is 0 Å². The summed E-state index contributed by atoms with van der Waals surface area (Å²) in [4.78, 5) is 7.35. The van der Waals surface area contributed by atoms with E-state index in [0.29, 0.717) is 6.04 Å². The van der Waals surface area contributed by atoms with Gasteiger partial charge in [0.1, 0.15) is 0 Å². The van der Waals surface area contributed by atoms with Crippen molar-refractivity contribution in [2.24, 2.45) is 11.7 Å². The summed E-state index contributed by atoms with van der Waals surface area (Å²) in [5, 5.41) is 0.